The zero-order chi connectivity index (χ0) is 18.1. The first kappa shape index (κ1) is 18.2. The fraction of sp³-hybridized carbons (Fsp3) is 0.650. The van der Waals surface area contributed by atoms with Gasteiger partial charge < -0.3 is 10.1 Å². The molecule has 138 valence electrons. The highest BCUT2D eigenvalue weighted by atomic mass is 16.5. The molecule has 25 heavy (non-hydrogen) atoms. The molecule has 1 aliphatic carbocycles. The van der Waals surface area contributed by atoms with Crippen LogP contribution in [0, 0.1) is 5.41 Å². The van der Waals surface area contributed by atoms with Crippen molar-refractivity contribution >= 4 is 5.91 Å². The number of amides is 1. The summed E-state index contributed by atoms with van der Waals surface area (Å²) in [5.41, 5.74) is 7.49. The Bertz CT molecular complexity index is 618. The molecule has 1 saturated carbocycles. The summed E-state index contributed by atoms with van der Waals surface area (Å²) >= 11 is 0. The van der Waals surface area contributed by atoms with E-state index in [1.165, 1.54) is 0 Å². The molecule has 2 fully saturated rings. The molecule has 0 spiro atoms. The molecule has 1 aliphatic heterocycles. The summed E-state index contributed by atoms with van der Waals surface area (Å²) in [4.78, 5) is 13.0. The van der Waals surface area contributed by atoms with Gasteiger partial charge in [-0.25, -0.2) is 5.43 Å². The zero-order valence-corrected chi connectivity index (χ0v) is 15.8. The van der Waals surface area contributed by atoms with Crippen molar-refractivity contribution in [3.63, 3.8) is 0 Å². The summed E-state index contributed by atoms with van der Waals surface area (Å²) in [5, 5.41) is 3.38. The highest BCUT2D eigenvalue weighted by Gasteiger charge is 2.41. The Morgan fingerprint density at radius 2 is 1.96 bits per heavy atom. The molecule has 1 aromatic carbocycles. The Balaban J connectivity index is 1.75. The van der Waals surface area contributed by atoms with Crippen molar-refractivity contribution in [1.82, 2.24) is 16.2 Å². The first-order chi connectivity index (χ1) is 11.8. The first-order valence-corrected chi connectivity index (χ1v) is 9.32. The van der Waals surface area contributed by atoms with Crippen molar-refractivity contribution in [2.24, 2.45) is 5.41 Å². The highest BCUT2D eigenvalue weighted by molar-refractivity contribution is 5.83. The van der Waals surface area contributed by atoms with E-state index < -0.39 is 0 Å². The molecule has 2 unspecified atom stereocenters. The molecule has 3 rings (SSSR count). The van der Waals surface area contributed by atoms with Gasteiger partial charge in [-0.2, -0.15) is 0 Å². The van der Waals surface area contributed by atoms with E-state index in [9.17, 15) is 4.79 Å². The lowest BCUT2D eigenvalue weighted by atomic mass is 9.84. The molecule has 0 bridgehead atoms. The van der Waals surface area contributed by atoms with Crippen molar-refractivity contribution in [3.05, 3.63) is 29.8 Å². The topological polar surface area (TPSA) is 62.4 Å². The summed E-state index contributed by atoms with van der Waals surface area (Å²) in [6.45, 7) is 6.59. The molecular weight excluding hydrogens is 314 g/mol. The van der Waals surface area contributed by atoms with Gasteiger partial charge in [0.15, 0.2) is 0 Å². The Morgan fingerprint density at radius 1 is 1.24 bits per heavy atom. The number of benzene rings is 1. The van der Waals surface area contributed by atoms with E-state index in [0.717, 1.165) is 43.4 Å². The predicted molar refractivity (Wildman–Crippen MR) is 99.2 cm³/mol. The number of methoxy groups -OCH3 is 1. The summed E-state index contributed by atoms with van der Waals surface area (Å²) in [7, 11) is 1.68. The second kappa shape index (κ2) is 6.96. The number of carbonyl (C=O) groups excluding carboxylic acids is 1. The number of hydrogen-bond acceptors (Lipinski definition) is 4. The Labute approximate surface area is 150 Å². The van der Waals surface area contributed by atoms with Crippen LogP contribution in [0.5, 0.6) is 5.75 Å². The minimum Gasteiger partial charge on any atom is -0.497 e. The Kier molecular flexibility index (Phi) is 5.07. The van der Waals surface area contributed by atoms with Crippen molar-refractivity contribution in [2.75, 3.05) is 7.11 Å². The third-order valence-corrected chi connectivity index (χ3v) is 5.71. The van der Waals surface area contributed by atoms with E-state index in [1.54, 1.807) is 7.11 Å². The van der Waals surface area contributed by atoms with Crippen LogP contribution in [0.25, 0.3) is 0 Å². The molecule has 0 radical (unpaired) electrons. The maximum Gasteiger partial charge on any atom is 0.239 e. The van der Waals surface area contributed by atoms with Crippen LogP contribution in [-0.4, -0.2) is 25.1 Å². The normalized spacial score (nSPS) is 25.8. The number of hydrazine groups is 1. The lowest BCUT2D eigenvalue weighted by Crippen LogP contribution is -2.51. The average molecular weight is 345 g/mol. The maximum absolute atomic E-state index is 13.0. The van der Waals surface area contributed by atoms with Gasteiger partial charge in [0, 0.05) is 6.04 Å². The molecule has 1 saturated heterocycles. The van der Waals surface area contributed by atoms with Gasteiger partial charge in [-0.3, -0.25) is 10.2 Å². The van der Waals surface area contributed by atoms with Crippen molar-refractivity contribution in [1.29, 1.82) is 0 Å². The summed E-state index contributed by atoms with van der Waals surface area (Å²) in [6.07, 6.45) is 5.05. The molecule has 1 aromatic rings. The van der Waals surface area contributed by atoms with Gasteiger partial charge in [0.25, 0.3) is 0 Å². The average Bonchev–Trinajstić information content (AvgIpc) is 3.24. The van der Waals surface area contributed by atoms with E-state index in [-0.39, 0.29) is 22.9 Å². The van der Waals surface area contributed by atoms with E-state index >= 15 is 0 Å². The van der Waals surface area contributed by atoms with Gasteiger partial charge in [0.05, 0.1) is 12.6 Å². The number of nitrogens with one attached hydrogen (secondary N) is 3. The Morgan fingerprint density at radius 3 is 2.56 bits per heavy atom. The Hall–Kier alpha value is -1.59. The van der Waals surface area contributed by atoms with E-state index in [4.69, 9.17) is 4.74 Å². The van der Waals surface area contributed by atoms with Crippen LogP contribution in [0.3, 0.4) is 0 Å². The molecule has 3 N–H and O–H groups in total. The SMILES string of the molecule is COc1cccc(C2(NC(=O)C3CC(C(C)(C)C)NN3)CCCC2)c1. The number of hydrogen-bond donors (Lipinski definition) is 3. The fourth-order valence-corrected chi connectivity index (χ4v) is 4.01. The van der Waals surface area contributed by atoms with Crippen LogP contribution in [0.4, 0.5) is 0 Å². The van der Waals surface area contributed by atoms with E-state index in [1.807, 2.05) is 12.1 Å². The number of ether oxygens (including phenoxy) is 1. The third-order valence-electron chi connectivity index (χ3n) is 5.71. The molecule has 5 nitrogen and oxygen atoms in total. The third kappa shape index (κ3) is 3.82. The van der Waals surface area contributed by atoms with Gasteiger partial charge in [-0.05, 0) is 42.4 Å². The lowest BCUT2D eigenvalue weighted by molar-refractivity contribution is -0.125. The molecular formula is C20H31N3O2. The van der Waals surface area contributed by atoms with Crippen LogP contribution >= 0.6 is 0 Å². The standard InChI is InChI=1S/C20H31N3O2/c1-19(2,3)17-13-16(22-23-17)18(24)21-20(10-5-6-11-20)14-8-7-9-15(12-14)25-4/h7-9,12,16-17,22-23H,5-6,10-11,13H2,1-4H3,(H,21,24). The maximum atomic E-state index is 13.0. The lowest BCUT2D eigenvalue weighted by Gasteiger charge is -2.32. The second-order valence-corrected chi connectivity index (χ2v) is 8.51. The predicted octanol–water partition coefficient (Wildman–Crippen LogP) is 2.86. The smallest absolute Gasteiger partial charge is 0.239 e. The van der Waals surface area contributed by atoms with Crippen molar-refractivity contribution in [3.8, 4) is 5.75 Å². The quantitative estimate of drug-likeness (QED) is 0.785. The zero-order valence-electron chi connectivity index (χ0n) is 15.8. The number of carbonyl (C=O) groups is 1. The van der Waals surface area contributed by atoms with Crippen LogP contribution in [0.2, 0.25) is 0 Å². The van der Waals surface area contributed by atoms with Crippen molar-refractivity contribution < 1.29 is 9.53 Å². The molecule has 2 aliphatic rings. The summed E-state index contributed by atoms with van der Waals surface area (Å²) in [5.74, 6) is 0.926. The van der Waals surface area contributed by atoms with Gasteiger partial charge in [0.1, 0.15) is 11.8 Å². The van der Waals surface area contributed by atoms with E-state index in [0.29, 0.717) is 6.04 Å². The summed E-state index contributed by atoms with van der Waals surface area (Å²) < 4.78 is 5.38. The molecule has 0 aromatic heterocycles. The number of rotatable bonds is 4. The van der Waals surface area contributed by atoms with Crippen molar-refractivity contribution in [2.45, 2.75) is 70.5 Å². The molecule has 5 heteroatoms. The first-order valence-electron chi connectivity index (χ1n) is 9.32. The monoisotopic (exact) mass is 345 g/mol. The molecule has 1 heterocycles. The highest BCUT2D eigenvalue weighted by Crippen LogP contribution is 2.40. The van der Waals surface area contributed by atoms with E-state index in [2.05, 4.69) is 49.1 Å². The van der Waals surface area contributed by atoms with Gasteiger partial charge in [-0.15, -0.1) is 0 Å². The second-order valence-electron chi connectivity index (χ2n) is 8.51. The largest absolute Gasteiger partial charge is 0.497 e. The van der Waals surface area contributed by atoms with Crippen LogP contribution in [0.15, 0.2) is 24.3 Å². The fourth-order valence-electron chi connectivity index (χ4n) is 4.01. The van der Waals surface area contributed by atoms with Gasteiger partial charge in [-0.1, -0.05) is 45.7 Å². The minimum atomic E-state index is -0.271. The van der Waals surface area contributed by atoms with Crippen LogP contribution in [-0.2, 0) is 10.3 Å². The van der Waals surface area contributed by atoms with Crippen LogP contribution < -0.4 is 20.9 Å². The van der Waals surface area contributed by atoms with Gasteiger partial charge >= 0.3 is 0 Å². The summed E-state index contributed by atoms with van der Waals surface area (Å²) in [6, 6.07) is 8.22. The van der Waals surface area contributed by atoms with Gasteiger partial charge in [0.2, 0.25) is 5.91 Å². The minimum absolute atomic E-state index is 0.0870. The van der Waals surface area contributed by atoms with Crippen LogP contribution in [0.1, 0.15) is 58.4 Å². The molecule has 1 amide bonds. The molecule has 2 atom stereocenters.